The van der Waals surface area contributed by atoms with Gasteiger partial charge in [0.15, 0.2) is 5.82 Å². The molecule has 2 rings (SSSR count). The minimum absolute atomic E-state index is 0.341. The summed E-state index contributed by atoms with van der Waals surface area (Å²) in [5, 5.41) is 7.40. The maximum Gasteiger partial charge on any atom is 0.153 e. The molecule has 0 unspecified atom stereocenters. The van der Waals surface area contributed by atoms with Crippen LogP contribution in [0.25, 0.3) is 5.82 Å². The van der Waals surface area contributed by atoms with E-state index in [0.717, 1.165) is 18.7 Å². The first kappa shape index (κ1) is 10.8. The van der Waals surface area contributed by atoms with Gasteiger partial charge in [0.1, 0.15) is 5.82 Å². The monoisotopic (exact) mass is 220 g/mol. The minimum Gasteiger partial charge on any atom is -0.319 e. The van der Waals surface area contributed by atoms with Crippen LogP contribution in [0, 0.1) is 5.82 Å². The van der Waals surface area contributed by atoms with Crippen molar-refractivity contribution in [3.63, 3.8) is 0 Å². The lowest BCUT2D eigenvalue weighted by Gasteiger charge is -1.99. The molecule has 0 atom stereocenters. The first-order valence-electron chi connectivity index (χ1n) is 5.10. The number of halogens is 1. The third-order valence-corrected chi connectivity index (χ3v) is 2.22. The number of hydrogen-bond donors (Lipinski definition) is 1. The zero-order valence-electron chi connectivity index (χ0n) is 9.02. The van der Waals surface area contributed by atoms with Gasteiger partial charge >= 0.3 is 0 Å². The first-order valence-corrected chi connectivity index (χ1v) is 5.10. The van der Waals surface area contributed by atoms with Crippen molar-refractivity contribution in [3.05, 3.63) is 42.1 Å². The van der Waals surface area contributed by atoms with Crippen LogP contribution in [0.1, 0.15) is 5.69 Å². The zero-order valence-corrected chi connectivity index (χ0v) is 9.02. The Hall–Kier alpha value is -1.75. The number of aromatic nitrogens is 3. The molecule has 0 amide bonds. The number of nitrogens with zero attached hydrogens (tertiary/aromatic N) is 3. The number of nitrogens with one attached hydrogen (secondary N) is 1. The Labute approximate surface area is 93.1 Å². The van der Waals surface area contributed by atoms with Gasteiger partial charge in [0, 0.05) is 19.2 Å². The molecule has 0 spiro atoms. The molecule has 0 saturated heterocycles. The van der Waals surface area contributed by atoms with Crippen molar-refractivity contribution in [2.24, 2.45) is 0 Å². The Morgan fingerprint density at radius 1 is 1.38 bits per heavy atom. The molecule has 4 nitrogen and oxygen atoms in total. The van der Waals surface area contributed by atoms with Gasteiger partial charge in [0.2, 0.25) is 0 Å². The summed E-state index contributed by atoms with van der Waals surface area (Å²) >= 11 is 0. The molecule has 2 aromatic rings. The Balaban J connectivity index is 2.15. The molecule has 2 heterocycles. The van der Waals surface area contributed by atoms with Crippen LogP contribution in [0.4, 0.5) is 4.39 Å². The predicted octanol–water partition coefficient (Wildman–Crippen LogP) is 1.17. The van der Waals surface area contributed by atoms with Crippen molar-refractivity contribution < 1.29 is 4.39 Å². The topological polar surface area (TPSA) is 42.7 Å². The van der Waals surface area contributed by atoms with Gasteiger partial charge in [-0.05, 0) is 25.2 Å². The molecular weight excluding hydrogens is 207 g/mol. The summed E-state index contributed by atoms with van der Waals surface area (Å²) in [7, 11) is 1.90. The van der Waals surface area contributed by atoms with E-state index in [4.69, 9.17) is 0 Å². The highest BCUT2D eigenvalue weighted by Crippen LogP contribution is 2.05. The normalized spacial score (nSPS) is 10.6. The van der Waals surface area contributed by atoms with Crippen LogP contribution in [-0.2, 0) is 6.42 Å². The summed E-state index contributed by atoms with van der Waals surface area (Å²) in [6.07, 6.45) is 3.88. The Morgan fingerprint density at radius 3 is 2.94 bits per heavy atom. The number of rotatable bonds is 4. The van der Waals surface area contributed by atoms with Crippen molar-refractivity contribution in [2.45, 2.75) is 6.42 Å². The Kier molecular flexibility index (Phi) is 3.26. The van der Waals surface area contributed by atoms with E-state index in [2.05, 4.69) is 15.4 Å². The fraction of sp³-hybridized carbons (Fsp3) is 0.273. The quantitative estimate of drug-likeness (QED) is 0.841. The van der Waals surface area contributed by atoms with Crippen LogP contribution in [0.3, 0.4) is 0 Å². The van der Waals surface area contributed by atoms with Crippen LogP contribution in [0.15, 0.2) is 30.6 Å². The van der Waals surface area contributed by atoms with E-state index < -0.39 is 0 Å². The van der Waals surface area contributed by atoms with Crippen LogP contribution in [0.2, 0.25) is 0 Å². The lowest BCUT2D eigenvalue weighted by atomic mass is 10.3. The largest absolute Gasteiger partial charge is 0.319 e. The molecule has 84 valence electrons. The molecule has 0 aliphatic carbocycles. The highest BCUT2D eigenvalue weighted by Gasteiger charge is 2.01. The summed E-state index contributed by atoms with van der Waals surface area (Å²) in [6, 6.07) is 4.91. The molecule has 0 aliphatic heterocycles. The van der Waals surface area contributed by atoms with Crippen molar-refractivity contribution in [3.8, 4) is 5.82 Å². The Morgan fingerprint density at radius 2 is 2.25 bits per heavy atom. The molecule has 5 heteroatoms. The van der Waals surface area contributed by atoms with Crippen molar-refractivity contribution in [2.75, 3.05) is 13.6 Å². The Bertz CT molecular complexity index is 449. The van der Waals surface area contributed by atoms with Crippen LogP contribution >= 0.6 is 0 Å². The lowest BCUT2D eigenvalue weighted by Crippen LogP contribution is -2.11. The number of pyridine rings is 1. The van der Waals surface area contributed by atoms with Gasteiger partial charge in [-0.3, -0.25) is 0 Å². The second kappa shape index (κ2) is 4.85. The lowest BCUT2D eigenvalue weighted by molar-refractivity contribution is 0.619. The number of likely N-dealkylation sites (N-methyl/N-ethyl adjacent to an activating group) is 1. The van der Waals surface area contributed by atoms with Gasteiger partial charge in [-0.25, -0.2) is 14.1 Å². The van der Waals surface area contributed by atoms with E-state index in [-0.39, 0.29) is 5.82 Å². The van der Waals surface area contributed by atoms with E-state index in [9.17, 15) is 4.39 Å². The summed E-state index contributed by atoms with van der Waals surface area (Å²) < 4.78 is 14.3. The number of hydrogen-bond acceptors (Lipinski definition) is 3. The third-order valence-electron chi connectivity index (χ3n) is 2.22. The SMILES string of the molecule is CNCCc1ccn(-c2ccc(F)cn2)n1. The van der Waals surface area contributed by atoms with Gasteiger partial charge in [-0.2, -0.15) is 5.10 Å². The van der Waals surface area contributed by atoms with Crippen molar-refractivity contribution in [1.29, 1.82) is 0 Å². The smallest absolute Gasteiger partial charge is 0.153 e. The van der Waals surface area contributed by atoms with Gasteiger partial charge in [-0.15, -0.1) is 0 Å². The molecule has 0 radical (unpaired) electrons. The molecule has 0 fully saturated rings. The molecule has 0 aromatic carbocycles. The van der Waals surface area contributed by atoms with Crippen LogP contribution in [0.5, 0.6) is 0 Å². The maximum absolute atomic E-state index is 12.7. The zero-order chi connectivity index (χ0) is 11.4. The average molecular weight is 220 g/mol. The van der Waals surface area contributed by atoms with Gasteiger partial charge in [0.25, 0.3) is 0 Å². The fourth-order valence-corrected chi connectivity index (χ4v) is 1.38. The second-order valence-corrected chi connectivity index (χ2v) is 3.44. The van der Waals surface area contributed by atoms with E-state index in [0.29, 0.717) is 5.82 Å². The summed E-state index contributed by atoms with van der Waals surface area (Å²) in [4.78, 5) is 3.95. The molecule has 0 saturated carbocycles. The van der Waals surface area contributed by atoms with Gasteiger partial charge in [-0.1, -0.05) is 0 Å². The van der Waals surface area contributed by atoms with Crippen molar-refractivity contribution in [1.82, 2.24) is 20.1 Å². The van der Waals surface area contributed by atoms with E-state index in [1.54, 1.807) is 10.7 Å². The third kappa shape index (κ3) is 2.43. The first-order chi connectivity index (χ1) is 7.79. The van der Waals surface area contributed by atoms with Gasteiger partial charge < -0.3 is 5.32 Å². The molecular formula is C11H13FN4. The summed E-state index contributed by atoms with van der Waals surface area (Å²) in [6.45, 7) is 0.883. The highest BCUT2D eigenvalue weighted by molar-refractivity contribution is 5.21. The van der Waals surface area contributed by atoms with E-state index >= 15 is 0 Å². The maximum atomic E-state index is 12.7. The molecule has 0 aliphatic rings. The molecule has 16 heavy (non-hydrogen) atoms. The minimum atomic E-state index is -0.341. The summed E-state index contributed by atoms with van der Waals surface area (Å²) in [5.74, 6) is 0.281. The molecule has 2 aromatic heterocycles. The van der Waals surface area contributed by atoms with E-state index in [1.165, 1.54) is 12.3 Å². The fourth-order valence-electron chi connectivity index (χ4n) is 1.38. The van der Waals surface area contributed by atoms with Crippen molar-refractivity contribution >= 4 is 0 Å². The molecule has 0 bridgehead atoms. The predicted molar refractivity (Wildman–Crippen MR) is 58.9 cm³/mol. The highest BCUT2D eigenvalue weighted by atomic mass is 19.1. The average Bonchev–Trinajstić information content (AvgIpc) is 2.76. The van der Waals surface area contributed by atoms with Crippen LogP contribution in [-0.4, -0.2) is 28.4 Å². The summed E-state index contributed by atoms with van der Waals surface area (Å²) in [5.41, 5.74) is 0.987. The standard InChI is InChI=1S/C11H13FN4/c1-13-6-4-10-5-7-16(15-10)11-3-2-9(12)8-14-11/h2-3,5,7-8,13H,4,6H2,1H3. The molecule has 1 N–H and O–H groups in total. The van der Waals surface area contributed by atoms with Crippen LogP contribution < -0.4 is 5.32 Å². The second-order valence-electron chi connectivity index (χ2n) is 3.44. The van der Waals surface area contributed by atoms with Gasteiger partial charge in [0.05, 0.1) is 11.9 Å². The van der Waals surface area contributed by atoms with E-state index in [1.807, 2.05) is 19.3 Å².